The average molecular weight is 356 g/mol. The first-order chi connectivity index (χ1) is 12.2. The molecule has 3 aromatic rings. The Hall–Kier alpha value is -2.54. The molecule has 0 saturated carbocycles. The van der Waals surface area contributed by atoms with Crippen LogP contribution in [0.5, 0.6) is 11.5 Å². The summed E-state index contributed by atoms with van der Waals surface area (Å²) in [4.78, 5) is 0. The van der Waals surface area contributed by atoms with Gasteiger partial charge in [0.2, 0.25) is 5.16 Å². The highest BCUT2D eigenvalue weighted by Crippen LogP contribution is 2.21. The second-order valence-electron chi connectivity index (χ2n) is 5.51. The topological polar surface area (TPSA) is 62.1 Å². The number of thioether (sulfide) groups is 1. The van der Waals surface area contributed by atoms with E-state index in [1.807, 2.05) is 30.3 Å². The molecule has 130 valence electrons. The summed E-state index contributed by atoms with van der Waals surface area (Å²) in [5, 5.41) is 12.7. The fourth-order valence-corrected chi connectivity index (χ4v) is 2.96. The van der Waals surface area contributed by atoms with Gasteiger partial charge in [-0.2, -0.15) is 4.68 Å². The Morgan fingerprint density at radius 1 is 1.00 bits per heavy atom. The van der Waals surface area contributed by atoms with E-state index in [0.717, 1.165) is 28.1 Å². The molecule has 0 amide bonds. The second kappa shape index (κ2) is 8.02. The van der Waals surface area contributed by atoms with Gasteiger partial charge in [-0.1, -0.05) is 17.8 Å². The van der Waals surface area contributed by atoms with Crippen molar-refractivity contribution in [1.82, 2.24) is 20.2 Å². The van der Waals surface area contributed by atoms with Crippen LogP contribution in [0.25, 0.3) is 5.69 Å². The van der Waals surface area contributed by atoms with Crippen molar-refractivity contribution in [3.63, 3.8) is 0 Å². The van der Waals surface area contributed by atoms with Crippen LogP contribution in [-0.2, 0) is 0 Å². The van der Waals surface area contributed by atoms with Gasteiger partial charge in [-0.15, -0.1) is 5.10 Å². The average Bonchev–Trinajstić information content (AvgIpc) is 3.10. The zero-order chi connectivity index (χ0) is 17.6. The zero-order valence-electron chi connectivity index (χ0n) is 14.5. The molecular formula is C18H20N4O2S. The fraction of sp³-hybridized carbons (Fsp3) is 0.278. The molecule has 0 aliphatic rings. The van der Waals surface area contributed by atoms with Crippen LogP contribution in [0.3, 0.4) is 0 Å². The molecule has 2 aromatic carbocycles. The van der Waals surface area contributed by atoms with Crippen LogP contribution < -0.4 is 9.47 Å². The van der Waals surface area contributed by atoms with Crippen molar-refractivity contribution >= 4 is 11.8 Å². The van der Waals surface area contributed by atoms with E-state index in [-0.39, 0.29) is 0 Å². The number of tetrazole rings is 1. The van der Waals surface area contributed by atoms with Crippen molar-refractivity contribution in [3.05, 3.63) is 53.6 Å². The van der Waals surface area contributed by atoms with Gasteiger partial charge in [-0.25, -0.2) is 0 Å². The third-order valence-corrected chi connectivity index (χ3v) is 4.70. The molecule has 1 heterocycles. The molecule has 25 heavy (non-hydrogen) atoms. The minimum Gasteiger partial charge on any atom is -0.497 e. The highest BCUT2D eigenvalue weighted by atomic mass is 32.2. The number of nitrogens with zero attached hydrogens (tertiary/aromatic N) is 4. The third-order valence-electron chi connectivity index (χ3n) is 3.82. The van der Waals surface area contributed by atoms with Crippen LogP contribution in [0, 0.1) is 13.8 Å². The smallest absolute Gasteiger partial charge is 0.214 e. The van der Waals surface area contributed by atoms with Crippen LogP contribution in [0.15, 0.2) is 47.6 Å². The minimum atomic E-state index is 0.566. The summed E-state index contributed by atoms with van der Waals surface area (Å²) < 4.78 is 12.6. The van der Waals surface area contributed by atoms with E-state index in [2.05, 4.69) is 41.5 Å². The lowest BCUT2D eigenvalue weighted by Gasteiger charge is -2.08. The third kappa shape index (κ3) is 4.30. The molecule has 0 aliphatic heterocycles. The highest BCUT2D eigenvalue weighted by Gasteiger charge is 2.09. The van der Waals surface area contributed by atoms with Crippen LogP contribution in [0.2, 0.25) is 0 Å². The maximum atomic E-state index is 5.73. The number of hydrogen-bond donors (Lipinski definition) is 0. The van der Waals surface area contributed by atoms with Gasteiger partial charge in [0.05, 0.1) is 19.4 Å². The number of aryl methyl sites for hydroxylation is 2. The van der Waals surface area contributed by atoms with Crippen molar-refractivity contribution in [1.29, 1.82) is 0 Å². The first-order valence-corrected chi connectivity index (χ1v) is 8.91. The van der Waals surface area contributed by atoms with E-state index in [1.54, 1.807) is 23.6 Å². The van der Waals surface area contributed by atoms with Gasteiger partial charge in [0, 0.05) is 5.75 Å². The van der Waals surface area contributed by atoms with Crippen LogP contribution in [-0.4, -0.2) is 39.7 Å². The Morgan fingerprint density at radius 3 is 2.48 bits per heavy atom. The number of ether oxygens (including phenoxy) is 2. The molecule has 0 N–H and O–H groups in total. The summed E-state index contributed by atoms with van der Waals surface area (Å²) in [5.41, 5.74) is 3.43. The van der Waals surface area contributed by atoms with Gasteiger partial charge in [0.1, 0.15) is 11.5 Å². The molecule has 0 saturated heterocycles. The summed E-state index contributed by atoms with van der Waals surface area (Å²) >= 11 is 1.56. The summed E-state index contributed by atoms with van der Waals surface area (Å²) in [6.07, 6.45) is 0. The molecule has 1 aromatic heterocycles. The Balaban J connectivity index is 1.57. The van der Waals surface area contributed by atoms with E-state index in [1.165, 1.54) is 11.1 Å². The van der Waals surface area contributed by atoms with E-state index < -0.39 is 0 Å². The van der Waals surface area contributed by atoms with Gasteiger partial charge in [0.25, 0.3) is 0 Å². The lowest BCUT2D eigenvalue weighted by Crippen LogP contribution is -2.03. The Labute approximate surface area is 151 Å². The van der Waals surface area contributed by atoms with Crippen LogP contribution in [0.1, 0.15) is 11.1 Å². The van der Waals surface area contributed by atoms with Crippen molar-refractivity contribution in [3.8, 4) is 17.2 Å². The molecule has 0 bridgehead atoms. The van der Waals surface area contributed by atoms with Gasteiger partial charge in [-0.3, -0.25) is 0 Å². The number of aromatic nitrogens is 4. The predicted octanol–water partition coefficient (Wildman–Crippen LogP) is 3.46. The Bertz CT molecular complexity index is 833. The van der Waals surface area contributed by atoms with Crippen molar-refractivity contribution < 1.29 is 9.47 Å². The molecule has 0 spiro atoms. The van der Waals surface area contributed by atoms with E-state index in [0.29, 0.717) is 6.61 Å². The molecular weight excluding hydrogens is 336 g/mol. The van der Waals surface area contributed by atoms with E-state index in [4.69, 9.17) is 9.47 Å². The molecule has 0 atom stereocenters. The molecule has 0 radical (unpaired) electrons. The molecule has 6 nitrogen and oxygen atoms in total. The normalized spacial score (nSPS) is 10.7. The number of hydrogen-bond acceptors (Lipinski definition) is 6. The minimum absolute atomic E-state index is 0.566. The first kappa shape index (κ1) is 17.3. The second-order valence-corrected chi connectivity index (χ2v) is 6.58. The summed E-state index contributed by atoms with van der Waals surface area (Å²) in [5.74, 6) is 2.38. The number of methoxy groups -OCH3 is 1. The van der Waals surface area contributed by atoms with Crippen molar-refractivity contribution in [2.75, 3.05) is 19.5 Å². The maximum absolute atomic E-state index is 5.73. The monoisotopic (exact) mass is 356 g/mol. The lowest BCUT2D eigenvalue weighted by atomic mass is 10.1. The van der Waals surface area contributed by atoms with Gasteiger partial charge in [-0.05, 0) is 71.8 Å². The van der Waals surface area contributed by atoms with E-state index >= 15 is 0 Å². The summed E-state index contributed by atoms with van der Waals surface area (Å²) in [6.45, 7) is 4.74. The standard InChI is InChI=1S/C18H20N4O2S/c1-13-4-5-15(12-14(13)2)22-18(19-20-21-22)25-11-10-24-17-8-6-16(23-3)7-9-17/h4-9,12H,10-11H2,1-3H3. The Morgan fingerprint density at radius 2 is 1.76 bits per heavy atom. The molecule has 0 aliphatic carbocycles. The molecule has 0 unspecified atom stereocenters. The predicted molar refractivity (Wildman–Crippen MR) is 97.8 cm³/mol. The zero-order valence-corrected chi connectivity index (χ0v) is 15.3. The number of rotatable bonds is 7. The molecule has 7 heteroatoms. The van der Waals surface area contributed by atoms with Gasteiger partial charge >= 0.3 is 0 Å². The summed E-state index contributed by atoms with van der Waals surface area (Å²) in [7, 11) is 1.65. The number of benzene rings is 2. The quantitative estimate of drug-likeness (QED) is 0.477. The molecule has 3 rings (SSSR count). The van der Waals surface area contributed by atoms with Gasteiger partial charge < -0.3 is 9.47 Å². The highest BCUT2D eigenvalue weighted by molar-refractivity contribution is 7.99. The largest absolute Gasteiger partial charge is 0.497 e. The fourth-order valence-electron chi connectivity index (χ4n) is 2.25. The van der Waals surface area contributed by atoms with Crippen LogP contribution in [0.4, 0.5) is 0 Å². The Kier molecular flexibility index (Phi) is 5.55. The van der Waals surface area contributed by atoms with Crippen LogP contribution >= 0.6 is 11.8 Å². The van der Waals surface area contributed by atoms with Crippen molar-refractivity contribution in [2.45, 2.75) is 19.0 Å². The SMILES string of the molecule is COc1ccc(OCCSc2nnnn2-c2ccc(C)c(C)c2)cc1. The van der Waals surface area contributed by atoms with Crippen molar-refractivity contribution in [2.24, 2.45) is 0 Å². The molecule has 0 fully saturated rings. The van der Waals surface area contributed by atoms with Gasteiger partial charge in [0.15, 0.2) is 0 Å². The first-order valence-electron chi connectivity index (χ1n) is 7.93. The van der Waals surface area contributed by atoms with E-state index in [9.17, 15) is 0 Å². The maximum Gasteiger partial charge on any atom is 0.214 e. The lowest BCUT2D eigenvalue weighted by molar-refractivity contribution is 0.342. The summed E-state index contributed by atoms with van der Waals surface area (Å²) in [6, 6.07) is 13.7.